The van der Waals surface area contributed by atoms with Crippen LogP contribution in [0.4, 0.5) is 8.78 Å². The normalized spacial score (nSPS) is 12.4. The Kier molecular flexibility index (Phi) is 5.68. The summed E-state index contributed by atoms with van der Waals surface area (Å²) in [6, 6.07) is 6.64. The van der Waals surface area contributed by atoms with Crippen LogP contribution in [0.3, 0.4) is 0 Å². The van der Waals surface area contributed by atoms with E-state index in [1.54, 1.807) is 0 Å². The summed E-state index contributed by atoms with van der Waals surface area (Å²) in [6.07, 6.45) is 0. The van der Waals surface area contributed by atoms with Crippen LogP contribution in [0.1, 0.15) is 10.4 Å². The maximum Gasteiger partial charge on any atom is 0.327 e. The van der Waals surface area contributed by atoms with Crippen LogP contribution in [0.25, 0.3) is 11.1 Å². The van der Waals surface area contributed by atoms with Gasteiger partial charge >= 0.3 is 5.97 Å². The maximum absolute atomic E-state index is 14.2. The number of amides is 1. The summed E-state index contributed by atoms with van der Waals surface area (Å²) in [5, 5.41) is 10.8. The fraction of sp³-hybridized carbons (Fsp3) is 0.125. The molecule has 0 aromatic heterocycles. The van der Waals surface area contributed by atoms with E-state index in [4.69, 9.17) is 9.66 Å². The van der Waals surface area contributed by atoms with Crippen molar-refractivity contribution in [1.82, 2.24) is 5.32 Å². The van der Waals surface area contributed by atoms with Gasteiger partial charge in [-0.1, -0.05) is 30.3 Å². The molecule has 0 aliphatic rings. The van der Waals surface area contributed by atoms with Gasteiger partial charge in [0.2, 0.25) is 0 Å². The Balaban J connectivity index is 2.46. The molecule has 3 N–H and O–H groups in total. The van der Waals surface area contributed by atoms with Crippen molar-refractivity contribution < 1.29 is 36.4 Å². The summed E-state index contributed by atoms with van der Waals surface area (Å²) in [6.45, 7) is 0. The molecule has 26 heavy (non-hydrogen) atoms. The molecule has 0 aliphatic carbocycles. The molecule has 0 heterocycles. The van der Waals surface area contributed by atoms with Crippen molar-refractivity contribution in [3.05, 3.63) is 59.7 Å². The number of benzene rings is 2. The Bertz CT molecular complexity index is 961. The Morgan fingerprint density at radius 3 is 2.15 bits per heavy atom. The highest BCUT2D eigenvalue weighted by Crippen LogP contribution is 2.28. The molecular formula is C16H13F2NO6S. The van der Waals surface area contributed by atoms with Gasteiger partial charge in [-0.3, -0.25) is 9.35 Å². The van der Waals surface area contributed by atoms with Gasteiger partial charge in [0.15, 0.2) is 0 Å². The predicted octanol–water partition coefficient (Wildman–Crippen LogP) is 1.70. The third-order valence-electron chi connectivity index (χ3n) is 3.39. The first-order valence-corrected chi connectivity index (χ1v) is 8.73. The van der Waals surface area contributed by atoms with Gasteiger partial charge in [0.25, 0.3) is 16.0 Å². The lowest BCUT2D eigenvalue weighted by molar-refractivity contribution is -0.138. The Hall–Kier alpha value is -2.85. The topological polar surface area (TPSA) is 121 Å². The molecule has 0 spiro atoms. The average Bonchev–Trinajstić information content (AvgIpc) is 2.53. The molecule has 7 nitrogen and oxygen atoms in total. The number of aliphatic carboxylic acids is 1. The fourth-order valence-corrected chi connectivity index (χ4v) is 2.92. The van der Waals surface area contributed by atoms with Crippen LogP contribution in [0.2, 0.25) is 0 Å². The third kappa shape index (κ3) is 4.61. The second-order valence-corrected chi connectivity index (χ2v) is 6.75. The van der Waals surface area contributed by atoms with E-state index in [9.17, 15) is 26.8 Å². The van der Waals surface area contributed by atoms with Gasteiger partial charge < -0.3 is 10.4 Å². The standard InChI is InChI=1S/C16H13F2NO6S/c17-11-6-2-1-4-9(11)10-5-3-7-12(18)14(10)15(20)19-13(16(21)22)8-26(23,24)25/h1-7,13H,8H2,(H,19,20)(H,21,22)(H,23,24,25). The van der Waals surface area contributed by atoms with E-state index in [0.29, 0.717) is 0 Å². The van der Waals surface area contributed by atoms with Crippen LogP contribution in [0, 0.1) is 11.6 Å². The quantitative estimate of drug-likeness (QED) is 0.651. The summed E-state index contributed by atoms with van der Waals surface area (Å²) >= 11 is 0. The van der Waals surface area contributed by atoms with Gasteiger partial charge in [-0.25, -0.2) is 13.6 Å². The molecule has 0 aliphatic heterocycles. The first-order valence-electron chi connectivity index (χ1n) is 7.12. The lowest BCUT2D eigenvalue weighted by Gasteiger charge is -2.16. The number of nitrogens with one attached hydrogen (secondary N) is 1. The van der Waals surface area contributed by atoms with Crippen molar-refractivity contribution in [1.29, 1.82) is 0 Å². The average molecular weight is 385 g/mol. The second-order valence-electron chi connectivity index (χ2n) is 5.26. The van der Waals surface area contributed by atoms with E-state index >= 15 is 0 Å². The van der Waals surface area contributed by atoms with Gasteiger partial charge in [0, 0.05) is 11.1 Å². The third-order valence-corrected chi connectivity index (χ3v) is 4.14. The molecule has 1 atom stereocenters. The monoisotopic (exact) mass is 385 g/mol. The van der Waals surface area contributed by atoms with Crippen molar-refractivity contribution in [2.45, 2.75) is 6.04 Å². The number of halogens is 2. The van der Waals surface area contributed by atoms with Crippen molar-refractivity contribution in [3.63, 3.8) is 0 Å². The highest BCUT2D eigenvalue weighted by atomic mass is 32.2. The largest absolute Gasteiger partial charge is 0.480 e. The lowest BCUT2D eigenvalue weighted by Crippen LogP contribution is -2.45. The van der Waals surface area contributed by atoms with E-state index < -0.39 is 51.0 Å². The van der Waals surface area contributed by atoms with Crippen LogP contribution in [0.5, 0.6) is 0 Å². The minimum atomic E-state index is -4.72. The number of carbonyl (C=O) groups excluding carboxylic acids is 1. The number of carboxylic acids is 1. The van der Waals surface area contributed by atoms with E-state index in [1.165, 1.54) is 30.3 Å². The molecule has 138 valence electrons. The molecule has 2 aromatic rings. The van der Waals surface area contributed by atoms with Gasteiger partial charge in [-0.05, 0) is 12.1 Å². The summed E-state index contributed by atoms with van der Waals surface area (Å²) < 4.78 is 58.8. The first-order chi connectivity index (χ1) is 12.1. The molecule has 0 fully saturated rings. The van der Waals surface area contributed by atoms with Crippen LogP contribution in [0.15, 0.2) is 42.5 Å². The van der Waals surface area contributed by atoms with E-state index in [2.05, 4.69) is 0 Å². The van der Waals surface area contributed by atoms with Crippen LogP contribution in [-0.2, 0) is 14.9 Å². The van der Waals surface area contributed by atoms with Gasteiger partial charge in [0.1, 0.15) is 23.4 Å². The summed E-state index contributed by atoms with van der Waals surface area (Å²) in [5.41, 5.74) is -0.894. The zero-order valence-electron chi connectivity index (χ0n) is 13.0. The predicted molar refractivity (Wildman–Crippen MR) is 87.1 cm³/mol. The van der Waals surface area contributed by atoms with Crippen molar-refractivity contribution in [2.75, 3.05) is 5.75 Å². The molecule has 2 aromatic carbocycles. The molecule has 0 radical (unpaired) electrons. The molecular weight excluding hydrogens is 372 g/mol. The van der Waals surface area contributed by atoms with Crippen LogP contribution in [-0.4, -0.2) is 41.7 Å². The lowest BCUT2D eigenvalue weighted by atomic mass is 9.98. The molecule has 1 amide bonds. The minimum absolute atomic E-state index is 0.0983. The fourth-order valence-electron chi connectivity index (χ4n) is 2.27. The SMILES string of the molecule is O=C(NC(CS(=O)(=O)O)C(=O)O)c1c(F)cccc1-c1ccccc1F. The van der Waals surface area contributed by atoms with Gasteiger partial charge in [0.05, 0.1) is 5.56 Å². The molecule has 1 unspecified atom stereocenters. The molecule has 0 saturated carbocycles. The number of carbonyl (C=O) groups is 2. The van der Waals surface area contributed by atoms with Crippen LogP contribution < -0.4 is 5.32 Å². The maximum atomic E-state index is 14.2. The van der Waals surface area contributed by atoms with E-state index in [1.807, 2.05) is 5.32 Å². The molecule has 0 bridgehead atoms. The zero-order chi connectivity index (χ0) is 19.5. The molecule has 0 saturated heterocycles. The van der Waals surface area contributed by atoms with Crippen molar-refractivity contribution >= 4 is 22.0 Å². The van der Waals surface area contributed by atoms with Gasteiger partial charge in [-0.2, -0.15) is 8.42 Å². The minimum Gasteiger partial charge on any atom is -0.480 e. The smallest absolute Gasteiger partial charge is 0.327 e. The Labute approximate surface area is 147 Å². The Morgan fingerprint density at radius 1 is 1.00 bits per heavy atom. The highest BCUT2D eigenvalue weighted by Gasteiger charge is 2.28. The number of rotatable bonds is 6. The van der Waals surface area contributed by atoms with Crippen LogP contribution >= 0.6 is 0 Å². The summed E-state index contributed by atoms with van der Waals surface area (Å²) in [5.74, 6) is -6.12. The van der Waals surface area contributed by atoms with Gasteiger partial charge in [-0.15, -0.1) is 0 Å². The zero-order valence-corrected chi connectivity index (χ0v) is 13.8. The van der Waals surface area contributed by atoms with Crippen molar-refractivity contribution in [3.8, 4) is 11.1 Å². The van der Waals surface area contributed by atoms with E-state index in [0.717, 1.165) is 12.1 Å². The van der Waals surface area contributed by atoms with Crippen molar-refractivity contribution in [2.24, 2.45) is 0 Å². The Morgan fingerprint density at radius 2 is 1.58 bits per heavy atom. The molecule has 10 heteroatoms. The summed E-state index contributed by atoms with van der Waals surface area (Å²) in [4.78, 5) is 23.5. The highest BCUT2D eigenvalue weighted by molar-refractivity contribution is 7.85. The second kappa shape index (κ2) is 7.58. The number of hydrogen-bond acceptors (Lipinski definition) is 4. The number of hydrogen-bond donors (Lipinski definition) is 3. The van der Waals surface area contributed by atoms with E-state index in [-0.39, 0.29) is 11.1 Å². The first kappa shape index (κ1) is 19.5. The number of carboxylic acid groups (broad SMARTS) is 1. The molecule has 2 rings (SSSR count). The summed E-state index contributed by atoms with van der Waals surface area (Å²) in [7, 11) is -4.72.